The Labute approximate surface area is 92.9 Å². The first-order valence-corrected chi connectivity index (χ1v) is 4.92. The smallest absolute Gasteiger partial charge is 0.127 e. The first kappa shape index (κ1) is 10.5. The van der Waals surface area contributed by atoms with Crippen LogP contribution < -0.4 is 11.1 Å². The van der Waals surface area contributed by atoms with Gasteiger partial charge in [0.05, 0.1) is 17.9 Å². The van der Waals surface area contributed by atoms with Crippen molar-refractivity contribution in [3.8, 4) is 0 Å². The van der Waals surface area contributed by atoms with E-state index in [0.29, 0.717) is 17.9 Å². The lowest BCUT2D eigenvalue weighted by molar-refractivity contribution is 0.628. The summed E-state index contributed by atoms with van der Waals surface area (Å²) in [6.45, 7) is 0.555. The molecule has 3 N–H and O–H groups in total. The van der Waals surface area contributed by atoms with Crippen molar-refractivity contribution in [1.29, 1.82) is 0 Å². The molecule has 4 nitrogen and oxygen atoms in total. The fraction of sp³-hybridized carbons (Fsp3) is 0.182. The highest BCUT2D eigenvalue weighted by Crippen LogP contribution is 2.19. The summed E-state index contributed by atoms with van der Waals surface area (Å²) in [7, 11) is 1.91. The van der Waals surface area contributed by atoms with Crippen molar-refractivity contribution >= 4 is 11.4 Å². The van der Waals surface area contributed by atoms with Crippen LogP contribution in [0.1, 0.15) is 5.82 Å². The number of aryl methyl sites for hydroxylation is 1. The molecule has 84 valence electrons. The molecule has 2 rings (SSSR count). The molecule has 0 saturated carbocycles. The molecular formula is C11H13FN4. The molecule has 0 saturated heterocycles. The van der Waals surface area contributed by atoms with E-state index in [1.807, 2.05) is 17.8 Å². The number of aromatic nitrogens is 2. The Morgan fingerprint density at radius 2 is 2.31 bits per heavy atom. The summed E-state index contributed by atoms with van der Waals surface area (Å²) in [6.07, 6.45) is 3.59. The summed E-state index contributed by atoms with van der Waals surface area (Å²) >= 11 is 0. The summed E-state index contributed by atoms with van der Waals surface area (Å²) in [5.74, 6) is 0.559. The second kappa shape index (κ2) is 4.22. The van der Waals surface area contributed by atoms with Crippen LogP contribution in [0.25, 0.3) is 0 Å². The molecule has 0 unspecified atom stereocenters. The third kappa shape index (κ3) is 2.13. The van der Waals surface area contributed by atoms with Crippen LogP contribution in [0.2, 0.25) is 0 Å². The Morgan fingerprint density at radius 1 is 1.50 bits per heavy atom. The van der Waals surface area contributed by atoms with Gasteiger partial charge in [0.25, 0.3) is 0 Å². The van der Waals surface area contributed by atoms with E-state index in [1.165, 1.54) is 12.1 Å². The summed E-state index contributed by atoms with van der Waals surface area (Å²) in [6, 6.07) is 4.28. The van der Waals surface area contributed by atoms with Crippen molar-refractivity contribution in [3.05, 3.63) is 42.2 Å². The number of nitrogens with zero attached hydrogens (tertiary/aromatic N) is 2. The van der Waals surface area contributed by atoms with Crippen LogP contribution in [0.15, 0.2) is 30.6 Å². The summed E-state index contributed by atoms with van der Waals surface area (Å²) in [5, 5.41) is 3.11. The number of rotatable bonds is 3. The average molecular weight is 220 g/mol. The van der Waals surface area contributed by atoms with Crippen molar-refractivity contribution in [2.24, 2.45) is 7.05 Å². The Morgan fingerprint density at radius 3 is 2.94 bits per heavy atom. The van der Waals surface area contributed by atoms with Gasteiger partial charge in [-0.1, -0.05) is 0 Å². The fourth-order valence-electron chi connectivity index (χ4n) is 1.44. The van der Waals surface area contributed by atoms with Crippen molar-refractivity contribution in [1.82, 2.24) is 9.55 Å². The van der Waals surface area contributed by atoms with E-state index >= 15 is 0 Å². The number of halogens is 1. The van der Waals surface area contributed by atoms with E-state index in [0.717, 1.165) is 5.82 Å². The monoisotopic (exact) mass is 220 g/mol. The van der Waals surface area contributed by atoms with Gasteiger partial charge in [0.1, 0.15) is 11.6 Å². The van der Waals surface area contributed by atoms with Crippen molar-refractivity contribution < 1.29 is 4.39 Å². The lowest BCUT2D eigenvalue weighted by atomic mass is 10.2. The van der Waals surface area contributed by atoms with Gasteiger partial charge in [-0.25, -0.2) is 9.37 Å². The van der Waals surface area contributed by atoms with Gasteiger partial charge in [0.15, 0.2) is 0 Å². The van der Waals surface area contributed by atoms with Gasteiger partial charge < -0.3 is 15.6 Å². The van der Waals surface area contributed by atoms with Gasteiger partial charge in [0.2, 0.25) is 0 Å². The minimum atomic E-state index is -0.333. The van der Waals surface area contributed by atoms with E-state index in [2.05, 4.69) is 10.3 Å². The molecule has 1 aromatic carbocycles. The molecule has 0 bridgehead atoms. The number of hydrogen-bond donors (Lipinski definition) is 2. The fourth-order valence-corrected chi connectivity index (χ4v) is 1.44. The molecule has 0 aliphatic heterocycles. The van der Waals surface area contributed by atoms with Gasteiger partial charge in [-0.3, -0.25) is 0 Å². The van der Waals surface area contributed by atoms with E-state index in [1.54, 1.807) is 12.3 Å². The molecule has 16 heavy (non-hydrogen) atoms. The molecule has 0 atom stereocenters. The van der Waals surface area contributed by atoms with Crippen LogP contribution in [0, 0.1) is 5.82 Å². The Hall–Kier alpha value is -2.04. The molecule has 0 amide bonds. The van der Waals surface area contributed by atoms with E-state index in [9.17, 15) is 4.39 Å². The summed E-state index contributed by atoms with van der Waals surface area (Å²) in [4.78, 5) is 4.16. The maximum absolute atomic E-state index is 12.8. The zero-order chi connectivity index (χ0) is 11.5. The minimum Gasteiger partial charge on any atom is -0.397 e. The Bertz CT molecular complexity index is 492. The molecule has 1 heterocycles. The molecular weight excluding hydrogens is 207 g/mol. The van der Waals surface area contributed by atoms with Crippen molar-refractivity contribution in [2.45, 2.75) is 6.54 Å². The maximum Gasteiger partial charge on any atom is 0.127 e. The van der Waals surface area contributed by atoms with E-state index < -0.39 is 0 Å². The highest BCUT2D eigenvalue weighted by molar-refractivity contribution is 5.65. The summed E-state index contributed by atoms with van der Waals surface area (Å²) in [5.41, 5.74) is 6.78. The van der Waals surface area contributed by atoms with Crippen LogP contribution in [-0.4, -0.2) is 9.55 Å². The van der Waals surface area contributed by atoms with Crippen molar-refractivity contribution in [3.63, 3.8) is 0 Å². The largest absolute Gasteiger partial charge is 0.397 e. The molecule has 0 spiro atoms. The van der Waals surface area contributed by atoms with Crippen LogP contribution in [0.5, 0.6) is 0 Å². The Kier molecular flexibility index (Phi) is 2.76. The number of hydrogen-bond acceptors (Lipinski definition) is 3. The predicted molar refractivity (Wildman–Crippen MR) is 61.3 cm³/mol. The number of imidazole rings is 1. The third-order valence-electron chi connectivity index (χ3n) is 2.37. The number of benzene rings is 1. The highest BCUT2D eigenvalue weighted by atomic mass is 19.1. The van der Waals surface area contributed by atoms with E-state index in [-0.39, 0.29) is 5.82 Å². The molecule has 2 aromatic rings. The zero-order valence-electron chi connectivity index (χ0n) is 8.94. The second-order valence-corrected chi connectivity index (χ2v) is 3.54. The number of nitrogen functional groups attached to an aromatic ring is 1. The van der Waals surface area contributed by atoms with Crippen LogP contribution in [-0.2, 0) is 13.6 Å². The molecule has 0 radical (unpaired) electrons. The summed E-state index contributed by atoms with van der Waals surface area (Å²) < 4.78 is 14.7. The first-order chi connectivity index (χ1) is 7.66. The van der Waals surface area contributed by atoms with Crippen LogP contribution in [0.4, 0.5) is 15.8 Å². The standard InChI is InChI=1S/C11H13FN4/c1-16-5-4-14-11(16)7-15-10-3-2-8(12)6-9(10)13/h2-6,15H,7,13H2,1H3. The van der Waals surface area contributed by atoms with Gasteiger partial charge in [-0.15, -0.1) is 0 Å². The lowest BCUT2D eigenvalue weighted by Gasteiger charge is -2.09. The third-order valence-corrected chi connectivity index (χ3v) is 2.37. The lowest BCUT2D eigenvalue weighted by Crippen LogP contribution is -2.07. The number of nitrogens with two attached hydrogens (primary N) is 1. The quantitative estimate of drug-likeness (QED) is 0.775. The van der Waals surface area contributed by atoms with Gasteiger partial charge in [0, 0.05) is 19.4 Å². The average Bonchev–Trinajstić information content (AvgIpc) is 2.63. The first-order valence-electron chi connectivity index (χ1n) is 4.92. The van der Waals surface area contributed by atoms with Crippen molar-refractivity contribution in [2.75, 3.05) is 11.1 Å². The van der Waals surface area contributed by atoms with Gasteiger partial charge in [-0.05, 0) is 18.2 Å². The number of anilines is 2. The van der Waals surface area contributed by atoms with Crippen LogP contribution >= 0.6 is 0 Å². The van der Waals surface area contributed by atoms with Crippen LogP contribution in [0.3, 0.4) is 0 Å². The Balaban J connectivity index is 2.08. The SMILES string of the molecule is Cn1ccnc1CNc1ccc(F)cc1N. The van der Waals surface area contributed by atoms with E-state index in [4.69, 9.17) is 5.73 Å². The maximum atomic E-state index is 12.8. The molecule has 0 aliphatic rings. The molecule has 0 aliphatic carbocycles. The topological polar surface area (TPSA) is 55.9 Å². The predicted octanol–water partition coefficient (Wildman–Crippen LogP) is 1.75. The van der Waals surface area contributed by atoms with Gasteiger partial charge >= 0.3 is 0 Å². The minimum absolute atomic E-state index is 0.333. The number of nitrogens with one attached hydrogen (secondary N) is 1. The molecule has 1 aromatic heterocycles. The molecule has 0 fully saturated rings. The van der Waals surface area contributed by atoms with Gasteiger partial charge in [-0.2, -0.15) is 0 Å². The highest BCUT2D eigenvalue weighted by Gasteiger charge is 2.02. The zero-order valence-corrected chi connectivity index (χ0v) is 8.94. The normalized spacial score (nSPS) is 10.4. The second-order valence-electron chi connectivity index (χ2n) is 3.54. The molecule has 5 heteroatoms.